The predicted octanol–water partition coefficient (Wildman–Crippen LogP) is 2.55. The Hall–Kier alpha value is -1.68. The van der Waals surface area contributed by atoms with Crippen LogP contribution in [0.25, 0.3) is 0 Å². The first-order chi connectivity index (χ1) is 13.3. The van der Waals surface area contributed by atoms with Crippen LogP contribution >= 0.6 is 11.3 Å². The van der Waals surface area contributed by atoms with Crippen LogP contribution in [-0.2, 0) is 13.1 Å². The van der Waals surface area contributed by atoms with E-state index in [4.69, 9.17) is 5.11 Å². The van der Waals surface area contributed by atoms with Crippen molar-refractivity contribution < 1.29 is 10.2 Å². The van der Waals surface area contributed by atoms with Gasteiger partial charge in [-0.05, 0) is 46.5 Å². The third kappa shape index (κ3) is 6.17. The molecule has 0 aliphatic carbocycles. The van der Waals surface area contributed by atoms with Gasteiger partial charge in [-0.15, -0.1) is 0 Å². The quantitative estimate of drug-likeness (QED) is 0.721. The zero-order chi connectivity index (χ0) is 18.9. The Morgan fingerprint density at radius 1 is 1.00 bits per heavy atom. The van der Waals surface area contributed by atoms with Crippen LogP contribution in [0.2, 0.25) is 0 Å². The maximum atomic E-state index is 9.49. The summed E-state index contributed by atoms with van der Waals surface area (Å²) in [5, 5.41) is 22.6. The van der Waals surface area contributed by atoms with E-state index in [9.17, 15) is 5.11 Å². The molecule has 1 aromatic heterocycles. The number of hydrogen-bond acceptors (Lipinski definition) is 5. The molecule has 0 spiro atoms. The molecule has 2 N–H and O–H groups in total. The van der Waals surface area contributed by atoms with Crippen LogP contribution in [0.3, 0.4) is 0 Å². The first-order valence-corrected chi connectivity index (χ1v) is 10.5. The van der Waals surface area contributed by atoms with Crippen molar-refractivity contribution in [2.24, 2.45) is 0 Å². The van der Waals surface area contributed by atoms with Crippen LogP contribution in [0.4, 0.5) is 0 Å². The van der Waals surface area contributed by atoms with Crippen LogP contribution in [0.5, 0.6) is 0 Å². The molecule has 144 valence electrons. The van der Waals surface area contributed by atoms with E-state index < -0.39 is 0 Å². The lowest BCUT2D eigenvalue weighted by Crippen LogP contribution is -2.52. The van der Waals surface area contributed by atoms with E-state index in [0.29, 0.717) is 12.5 Å². The average molecular weight is 385 g/mol. The van der Waals surface area contributed by atoms with Crippen LogP contribution in [-0.4, -0.2) is 58.9 Å². The summed E-state index contributed by atoms with van der Waals surface area (Å²) < 4.78 is 0. The number of piperazine rings is 1. The molecule has 0 unspecified atom stereocenters. The Kier molecular flexibility index (Phi) is 7.88. The molecule has 1 aliphatic heterocycles. The van der Waals surface area contributed by atoms with Gasteiger partial charge >= 0.3 is 0 Å². The Morgan fingerprint density at radius 3 is 2.56 bits per heavy atom. The van der Waals surface area contributed by atoms with Crippen molar-refractivity contribution in [2.75, 3.05) is 32.8 Å². The van der Waals surface area contributed by atoms with Gasteiger partial charge in [-0.1, -0.05) is 24.0 Å². The fourth-order valence-electron chi connectivity index (χ4n) is 3.52. The van der Waals surface area contributed by atoms with Gasteiger partial charge in [0.1, 0.15) is 0 Å². The fraction of sp³-hybridized carbons (Fsp3) is 0.455. The maximum Gasteiger partial charge on any atom is 0.0540 e. The molecular weight excluding hydrogens is 356 g/mol. The molecule has 0 amide bonds. The Bertz CT molecular complexity index is 734. The van der Waals surface area contributed by atoms with Gasteiger partial charge < -0.3 is 10.2 Å². The number of aliphatic hydroxyl groups is 2. The second kappa shape index (κ2) is 10.6. The third-order valence-electron chi connectivity index (χ3n) is 4.95. The van der Waals surface area contributed by atoms with Crippen LogP contribution in [0.15, 0.2) is 41.1 Å². The highest BCUT2D eigenvalue weighted by molar-refractivity contribution is 7.07. The smallest absolute Gasteiger partial charge is 0.0540 e. The van der Waals surface area contributed by atoms with Gasteiger partial charge in [0.25, 0.3) is 0 Å². The summed E-state index contributed by atoms with van der Waals surface area (Å²) in [5.41, 5.74) is 3.65. The summed E-state index contributed by atoms with van der Waals surface area (Å²) >= 11 is 1.74. The third-order valence-corrected chi connectivity index (χ3v) is 5.68. The summed E-state index contributed by atoms with van der Waals surface area (Å²) in [6, 6.07) is 11.0. The van der Waals surface area contributed by atoms with Crippen molar-refractivity contribution in [3.8, 4) is 11.8 Å². The predicted molar refractivity (Wildman–Crippen MR) is 111 cm³/mol. The number of rotatable bonds is 7. The second-order valence-electron chi connectivity index (χ2n) is 6.98. The molecule has 0 radical (unpaired) electrons. The SMILES string of the molecule is OCCC#Cc1ccc(CN2CCN(Cc3ccsc3)[C@@H](CCO)C2)cc1. The van der Waals surface area contributed by atoms with Gasteiger partial charge in [0.2, 0.25) is 0 Å². The van der Waals surface area contributed by atoms with E-state index in [1.807, 2.05) is 0 Å². The van der Waals surface area contributed by atoms with E-state index in [2.05, 4.69) is 62.7 Å². The lowest BCUT2D eigenvalue weighted by atomic mass is 10.1. The molecular formula is C22H28N2O2S. The van der Waals surface area contributed by atoms with Crippen molar-refractivity contribution >= 4 is 11.3 Å². The number of thiophene rings is 1. The second-order valence-corrected chi connectivity index (χ2v) is 7.76. The maximum absolute atomic E-state index is 9.49. The molecule has 1 aromatic carbocycles. The Balaban J connectivity index is 1.56. The van der Waals surface area contributed by atoms with Crippen LogP contribution < -0.4 is 0 Å². The Morgan fingerprint density at radius 2 is 1.85 bits per heavy atom. The molecule has 1 fully saturated rings. The van der Waals surface area contributed by atoms with E-state index in [1.165, 1.54) is 11.1 Å². The first kappa shape index (κ1) is 20.1. The zero-order valence-electron chi connectivity index (χ0n) is 15.7. The van der Waals surface area contributed by atoms with Crippen molar-refractivity contribution in [2.45, 2.75) is 32.0 Å². The van der Waals surface area contributed by atoms with Crippen molar-refractivity contribution in [3.63, 3.8) is 0 Å². The zero-order valence-corrected chi connectivity index (χ0v) is 16.5. The molecule has 1 saturated heterocycles. The summed E-state index contributed by atoms with van der Waals surface area (Å²) in [6.45, 7) is 5.32. The van der Waals surface area contributed by atoms with Gasteiger partial charge in [-0.3, -0.25) is 9.80 Å². The number of hydrogen-bond donors (Lipinski definition) is 2. The lowest BCUT2D eigenvalue weighted by molar-refractivity contribution is 0.0500. The molecule has 0 bridgehead atoms. The number of benzene rings is 1. The summed E-state index contributed by atoms with van der Waals surface area (Å²) in [6.07, 6.45) is 1.34. The van der Waals surface area contributed by atoms with Gasteiger partial charge in [-0.2, -0.15) is 11.3 Å². The van der Waals surface area contributed by atoms with Crippen molar-refractivity contribution in [3.05, 3.63) is 57.8 Å². The molecule has 2 aromatic rings. The first-order valence-electron chi connectivity index (χ1n) is 9.55. The highest BCUT2D eigenvalue weighted by atomic mass is 32.1. The largest absolute Gasteiger partial charge is 0.396 e. The normalized spacial score (nSPS) is 18.2. The molecule has 27 heavy (non-hydrogen) atoms. The lowest BCUT2D eigenvalue weighted by Gasteiger charge is -2.41. The molecule has 2 heterocycles. The van der Waals surface area contributed by atoms with E-state index in [-0.39, 0.29) is 13.2 Å². The molecule has 5 heteroatoms. The number of nitrogens with zero attached hydrogens (tertiary/aromatic N) is 2. The van der Waals surface area contributed by atoms with Crippen molar-refractivity contribution in [1.82, 2.24) is 9.80 Å². The summed E-state index contributed by atoms with van der Waals surface area (Å²) in [4.78, 5) is 4.99. The van der Waals surface area contributed by atoms with E-state index in [1.54, 1.807) is 11.3 Å². The highest BCUT2D eigenvalue weighted by Crippen LogP contribution is 2.19. The minimum Gasteiger partial charge on any atom is -0.396 e. The molecule has 0 saturated carbocycles. The minimum atomic E-state index is 0.110. The summed E-state index contributed by atoms with van der Waals surface area (Å²) in [7, 11) is 0. The highest BCUT2D eigenvalue weighted by Gasteiger charge is 2.26. The van der Waals surface area contributed by atoms with Crippen LogP contribution in [0.1, 0.15) is 29.5 Å². The van der Waals surface area contributed by atoms with Gasteiger partial charge in [0.05, 0.1) is 6.61 Å². The molecule has 1 aliphatic rings. The van der Waals surface area contributed by atoms with Gasteiger partial charge in [0, 0.05) is 57.4 Å². The number of aliphatic hydroxyl groups excluding tert-OH is 2. The molecule has 3 rings (SSSR count). The molecule has 1 atom stereocenters. The Labute approximate surface area is 166 Å². The minimum absolute atomic E-state index is 0.110. The van der Waals surface area contributed by atoms with Gasteiger partial charge in [-0.25, -0.2) is 0 Å². The summed E-state index contributed by atoms with van der Waals surface area (Å²) in [5.74, 6) is 6.03. The van der Waals surface area contributed by atoms with Crippen LogP contribution in [0, 0.1) is 11.8 Å². The average Bonchev–Trinajstić information content (AvgIpc) is 3.19. The topological polar surface area (TPSA) is 46.9 Å². The van der Waals surface area contributed by atoms with E-state index in [0.717, 1.165) is 44.7 Å². The van der Waals surface area contributed by atoms with E-state index >= 15 is 0 Å². The van der Waals surface area contributed by atoms with Crippen molar-refractivity contribution in [1.29, 1.82) is 0 Å². The monoisotopic (exact) mass is 384 g/mol. The fourth-order valence-corrected chi connectivity index (χ4v) is 4.18. The van der Waals surface area contributed by atoms with Gasteiger partial charge in [0.15, 0.2) is 0 Å². The molecule has 4 nitrogen and oxygen atoms in total. The standard InChI is InChI=1S/C22H28N2O2S/c25-12-2-1-3-19-4-6-20(7-5-19)15-23-10-11-24(22(17-23)8-13-26)16-21-9-14-27-18-21/h4-7,9,14,18,22,25-26H,2,8,10-13,15-17H2/t22-/m0/s1.